The minimum absolute atomic E-state index is 0.0480. The topological polar surface area (TPSA) is 41.6 Å². The van der Waals surface area contributed by atoms with Crippen LogP contribution < -0.4 is 10.1 Å². The predicted molar refractivity (Wildman–Crippen MR) is 69.4 cm³/mol. The van der Waals surface area contributed by atoms with Gasteiger partial charge in [-0.15, -0.1) is 0 Å². The van der Waals surface area contributed by atoms with Crippen molar-refractivity contribution in [1.82, 2.24) is 4.90 Å². The number of nitrogens with zero attached hydrogens (tertiary/aromatic N) is 1. The lowest BCUT2D eigenvalue weighted by Gasteiger charge is -2.19. The molecular formula is C13H20N2O2. The number of amides is 1. The predicted octanol–water partition coefficient (Wildman–Crippen LogP) is 1.97. The van der Waals surface area contributed by atoms with Crippen molar-refractivity contribution in [1.29, 1.82) is 0 Å². The molecule has 0 aliphatic carbocycles. The fraction of sp³-hybridized carbons (Fsp3) is 0.462. The molecule has 1 unspecified atom stereocenters. The van der Waals surface area contributed by atoms with Crippen LogP contribution >= 0.6 is 0 Å². The number of hydrogen-bond donors (Lipinski definition) is 1. The second-order valence-corrected chi connectivity index (χ2v) is 4.06. The van der Waals surface area contributed by atoms with Crippen molar-refractivity contribution in [3.05, 3.63) is 24.3 Å². The Morgan fingerprint density at radius 1 is 1.47 bits per heavy atom. The Balaban J connectivity index is 2.68. The normalized spacial score (nSPS) is 11.8. The van der Waals surface area contributed by atoms with Gasteiger partial charge >= 0.3 is 0 Å². The summed E-state index contributed by atoms with van der Waals surface area (Å²) in [5, 5.41) is 3.15. The van der Waals surface area contributed by atoms with Gasteiger partial charge in [-0.25, -0.2) is 0 Å². The second kappa shape index (κ2) is 6.13. The Labute approximate surface area is 103 Å². The van der Waals surface area contributed by atoms with E-state index in [-0.39, 0.29) is 11.9 Å². The molecule has 1 amide bonds. The van der Waals surface area contributed by atoms with Crippen molar-refractivity contribution in [3.63, 3.8) is 0 Å². The Kier molecular flexibility index (Phi) is 4.82. The molecule has 0 fully saturated rings. The fourth-order valence-electron chi connectivity index (χ4n) is 1.54. The third kappa shape index (κ3) is 3.98. The maximum absolute atomic E-state index is 11.7. The van der Waals surface area contributed by atoms with Crippen LogP contribution in [-0.2, 0) is 4.79 Å². The van der Waals surface area contributed by atoms with Gasteiger partial charge in [-0.05, 0) is 26.0 Å². The van der Waals surface area contributed by atoms with E-state index >= 15 is 0 Å². The summed E-state index contributed by atoms with van der Waals surface area (Å²) in [6, 6.07) is 7.36. The van der Waals surface area contributed by atoms with Gasteiger partial charge in [-0.1, -0.05) is 6.07 Å². The molecule has 17 heavy (non-hydrogen) atoms. The molecule has 0 spiro atoms. The molecule has 1 aromatic carbocycles. The van der Waals surface area contributed by atoms with Crippen molar-refractivity contribution in [2.75, 3.05) is 26.0 Å². The zero-order valence-electron chi connectivity index (χ0n) is 10.9. The number of ether oxygens (including phenoxy) is 1. The Morgan fingerprint density at radius 2 is 2.18 bits per heavy atom. The molecular weight excluding hydrogens is 216 g/mol. The molecule has 94 valence electrons. The maximum Gasteiger partial charge on any atom is 0.244 e. The first kappa shape index (κ1) is 13.4. The van der Waals surface area contributed by atoms with Gasteiger partial charge in [-0.3, -0.25) is 4.79 Å². The van der Waals surface area contributed by atoms with E-state index in [1.54, 1.807) is 19.0 Å². The standard InChI is InChI=1S/C13H20N2O2/c1-5-17-12-8-6-7-11(9-12)14-10(2)13(16)15(3)4/h6-10,14H,5H2,1-4H3. The minimum atomic E-state index is -0.248. The van der Waals surface area contributed by atoms with Gasteiger partial charge in [0.05, 0.1) is 6.61 Å². The summed E-state index contributed by atoms with van der Waals surface area (Å²) in [5.74, 6) is 0.855. The zero-order chi connectivity index (χ0) is 12.8. The summed E-state index contributed by atoms with van der Waals surface area (Å²) in [6.07, 6.45) is 0. The second-order valence-electron chi connectivity index (χ2n) is 4.06. The van der Waals surface area contributed by atoms with Gasteiger partial charge in [-0.2, -0.15) is 0 Å². The average molecular weight is 236 g/mol. The van der Waals surface area contributed by atoms with Crippen LogP contribution in [0.4, 0.5) is 5.69 Å². The monoisotopic (exact) mass is 236 g/mol. The number of nitrogens with one attached hydrogen (secondary N) is 1. The quantitative estimate of drug-likeness (QED) is 0.850. The number of hydrogen-bond acceptors (Lipinski definition) is 3. The fourth-order valence-corrected chi connectivity index (χ4v) is 1.54. The van der Waals surface area contributed by atoms with Crippen LogP contribution in [0.3, 0.4) is 0 Å². The molecule has 0 heterocycles. The zero-order valence-corrected chi connectivity index (χ0v) is 10.9. The summed E-state index contributed by atoms with van der Waals surface area (Å²) >= 11 is 0. The van der Waals surface area contributed by atoms with E-state index in [2.05, 4.69) is 5.32 Å². The summed E-state index contributed by atoms with van der Waals surface area (Å²) in [5.41, 5.74) is 0.888. The third-order valence-corrected chi connectivity index (χ3v) is 2.34. The number of rotatable bonds is 5. The van der Waals surface area contributed by atoms with Gasteiger partial charge in [0, 0.05) is 25.8 Å². The Morgan fingerprint density at radius 3 is 2.76 bits per heavy atom. The lowest BCUT2D eigenvalue weighted by Crippen LogP contribution is -2.36. The Bertz CT molecular complexity index is 377. The van der Waals surface area contributed by atoms with E-state index in [9.17, 15) is 4.79 Å². The first-order valence-corrected chi connectivity index (χ1v) is 5.75. The van der Waals surface area contributed by atoms with E-state index in [0.717, 1.165) is 11.4 Å². The highest BCUT2D eigenvalue weighted by Crippen LogP contribution is 2.18. The molecule has 4 nitrogen and oxygen atoms in total. The van der Waals surface area contributed by atoms with Crippen molar-refractivity contribution in [3.8, 4) is 5.75 Å². The highest BCUT2D eigenvalue weighted by Gasteiger charge is 2.14. The van der Waals surface area contributed by atoms with Crippen molar-refractivity contribution >= 4 is 11.6 Å². The number of carbonyl (C=O) groups excluding carboxylic acids is 1. The molecule has 0 aliphatic rings. The molecule has 1 aromatic rings. The van der Waals surface area contributed by atoms with Crippen LogP contribution in [0.25, 0.3) is 0 Å². The summed E-state index contributed by atoms with van der Waals surface area (Å²) in [6.45, 7) is 4.42. The summed E-state index contributed by atoms with van der Waals surface area (Å²) in [4.78, 5) is 13.3. The molecule has 0 aromatic heterocycles. The molecule has 1 atom stereocenters. The molecule has 4 heteroatoms. The molecule has 0 aliphatic heterocycles. The minimum Gasteiger partial charge on any atom is -0.494 e. The van der Waals surface area contributed by atoms with Crippen LogP contribution in [0.15, 0.2) is 24.3 Å². The lowest BCUT2D eigenvalue weighted by molar-refractivity contribution is -0.129. The van der Waals surface area contributed by atoms with E-state index in [0.29, 0.717) is 6.61 Å². The van der Waals surface area contributed by atoms with Gasteiger partial charge in [0.2, 0.25) is 5.91 Å². The van der Waals surface area contributed by atoms with Crippen LogP contribution in [0.5, 0.6) is 5.75 Å². The molecule has 0 saturated heterocycles. The number of carbonyl (C=O) groups is 1. The first-order chi connectivity index (χ1) is 8.04. The number of anilines is 1. The summed E-state index contributed by atoms with van der Waals surface area (Å²) < 4.78 is 5.40. The lowest BCUT2D eigenvalue weighted by atomic mass is 10.2. The molecule has 0 bridgehead atoms. The van der Waals surface area contributed by atoms with Crippen LogP contribution in [0, 0.1) is 0 Å². The van der Waals surface area contributed by atoms with E-state index in [1.165, 1.54) is 0 Å². The van der Waals surface area contributed by atoms with Crippen molar-refractivity contribution in [2.45, 2.75) is 19.9 Å². The van der Waals surface area contributed by atoms with Crippen LogP contribution in [0.2, 0.25) is 0 Å². The third-order valence-electron chi connectivity index (χ3n) is 2.34. The molecule has 0 saturated carbocycles. The van der Waals surface area contributed by atoms with Crippen LogP contribution in [-0.4, -0.2) is 37.6 Å². The number of likely N-dealkylation sites (N-methyl/N-ethyl adjacent to an activating group) is 1. The highest BCUT2D eigenvalue weighted by molar-refractivity contribution is 5.83. The highest BCUT2D eigenvalue weighted by atomic mass is 16.5. The smallest absolute Gasteiger partial charge is 0.244 e. The van der Waals surface area contributed by atoms with Gasteiger partial charge in [0.25, 0.3) is 0 Å². The van der Waals surface area contributed by atoms with Crippen molar-refractivity contribution in [2.24, 2.45) is 0 Å². The molecule has 1 rings (SSSR count). The van der Waals surface area contributed by atoms with E-state index in [1.807, 2.05) is 38.1 Å². The van der Waals surface area contributed by atoms with Crippen LogP contribution in [0.1, 0.15) is 13.8 Å². The number of benzene rings is 1. The Hall–Kier alpha value is -1.71. The first-order valence-electron chi connectivity index (χ1n) is 5.75. The van der Waals surface area contributed by atoms with Crippen molar-refractivity contribution < 1.29 is 9.53 Å². The molecule has 1 N–H and O–H groups in total. The van der Waals surface area contributed by atoms with E-state index < -0.39 is 0 Å². The van der Waals surface area contributed by atoms with Gasteiger partial charge in [0.15, 0.2) is 0 Å². The SMILES string of the molecule is CCOc1cccc(NC(C)C(=O)N(C)C)c1. The van der Waals surface area contributed by atoms with E-state index in [4.69, 9.17) is 4.74 Å². The average Bonchev–Trinajstić information content (AvgIpc) is 2.28. The van der Waals surface area contributed by atoms with Gasteiger partial charge < -0.3 is 15.0 Å². The maximum atomic E-state index is 11.7. The molecule has 0 radical (unpaired) electrons. The summed E-state index contributed by atoms with van der Waals surface area (Å²) in [7, 11) is 3.49. The van der Waals surface area contributed by atoms with Gasteiger partial charge in [0.1, 0.15) is 11.8 Å². The largest absolute Gasteiger partial charge is 0.494 e.